The lowest BCUT2D eigenvalue weighted by Crippen LogP contribution is -2.26. The van der Waals surface area contributed by atoms with E-state index in [9.17, 15) is 0 Å². The van der Waals surface area contributed by atoms with Crippen LogP contribution in [0.25, 0.3) is 0 Å². The topological polar surface area (TPSA) is 40.5 Å². The van der Waals surface area contributed by atoms with E-state index in [1.165, 1.54) is 0 Å². The van der Waals surface area contributed by atoms with Crippen LogP contribution >= 0.6 is 0 Å². The van der Waals surface area contributed by atoms with Gasteiger partial charge in [0.1, 0.15) is 0 Å². The Kier molecular flexibility index (Phi) is 2.55. The van der Waals surface area contributed by atoms with Crippen molar-refractivity contribution in [1.82, 2.24) is 0 Å². The highest BCUT2D eigenvalue weighted by molar-refractivity contribution is 4.90. The van der Waals surface area contributed by atoms with Crippen molar-refractivity contribution in [1.29, 1.82) is 0 Å². The van der Waals surface area contributed by atoms with Crippen LogP contribution in [0.4, 0.5) is 0 Å². The molecule has 0 aromatic heterocycles. The van der Waals surface area contributed by atoms with Crippen LogP contribution in [0.2, 0.25) is 0 Å². The van der Waals surface area contributed by atoms with E-state index in [0.717, 1.165) is 12.8 Å². The quantitative estimate of drug-likeness (QED) is 0.630. The van der Waals surface area contributed by atoms with Crippen LogP contribution in [0.5, 0.6) is 0 Å². The molecule has 1 rings (SSSR count). The van der Waals surface area contributed by atoms with Crippen LogP contribution in [0, 0.1) is 17.3 Å². The first-order chi connectivity index (χ1) is 5.13. The zero-order chi connectivity index (χ0) is 8.48. The van der Waals surface area contributed by atoms with E-state index in [-0.39, 0.29) is 18.6 Å². The summed E-state index contributed by atoms with van der Waals surface area (Å²) >= 11 is 0. The zero-order valence-electron chi connectivity index (χ0n) is 7.38. The Morgan fingerprint density at radius 3 is 1.64 bits per heavy atom. The molecule has 1 aliphatic rings. The molecule has 2 unspecified atom stereocenters. The van der Waals surface area contributed by atoms with E-state index in [4.69, 9.17) is 10.2 Å². The smallest absolute Gasteiger partial charge is 0.0509 e. The van der Waals surface area contributed by atoms with Crippen LogP contribution < -0.4 is 0 Å². The van der Waals surface area contributed by atoms with Gasteiger partial charge < -0.3 is 10.2 Å². The molecule has 0 radical (unpaired) electrons. The second-order valence-corrected chi connectivity index (χ2v) is 4.18. The highest BCUT2D eigenvalue weighted by Gasteiger charge is 2.40. The third-order valence-corrected chi connectivity index (χ3v) is 3.15. The lowest BCUT2D eigenvalue weighted by atomic mass is 9.87. The second-order valence-electron chi connectivity index (χ2n) is 4.18. The van der Waals surface area contributed by atoms with Crippen LogP contribution in [0.3, 0.4) is 0 Å². The van der Waals surface area contributed by atoms with Gasteiger partial charge in [0.25, 0.3) is 0 Å². The lowest BCUT2D eigenvalue weighted by Gasteiger charge is -2.23. The van der Waals surface area contributed by atoms with Gasteiger partial charge in [-0.15, -0.1) is 0 Å². The van der Waals surface area contributed by atoms with Crippen molar-refractivity contribution >= 4 is 0 Å². The fraction of sp³-hybridized carbons (Fsp3) is 1.00. The minimum Gasteiger partial charge on any atom is -0.396 e. The van der Waals surface area contributed by atoms with Crippen LogP contribution in [-0.4, -0.2) is 23.4 Å². The van der Waals surface area contributed by atoms with Gasteiger partial charge >= 0.3 is 0 Å². The minimum atomic E-state index is -0.168. The average Bonchev–Trinajstić information content (AvgIpc) is 2.29. The first-order valence-electron chi connectivity index (χ1n) is 4.35. The van der Waals surface area contributed by atoms with Gasteiger partial charge in [0.05, 0.1) is 13.2 Å². The van der Waals surface area contributed by atoms with Crippen molar-refractivity contribution in [3.05, 3.63) is 0 Å². The molecule has 0 aromatic carbocycles. The molecule has 0 bridgehead atoms. The summed E-state index contributed by atoms with van der Waals surface area (Å²) in [6, 6.07) is 0. The fourth-order valence-corrected chi connectivity index (χ4v) is 2.16. The molecule has 1 fully saturated rings. The molecule has 2 nitrogen and oxygen atoms in total. The number of hydrogen-bond acceptors (Lipinski definition) is 2. The summed E-state index contributed by atoms with van der Waals surface area (Å²) in [5, 5.41) is 18.2. The minimum absolute atomic E-state index is 0.137. The van der Waals surface area contributed by atoms with Crippen molar-refractivity contribution in [2.75, 3.05) is 13.2 Å². The van der Waals surface area contributed by atoms with E-state index in [1.54, 1.807) is 0 Å². The number of aliphatic hydroxyl groups is 2. The van der Waals surface area contributed by atoms with Crippen molar-refractivity contribution in [2.45, 2.75) is 26.7 Å². The molecule has 66 valence electrons. The molecular formula is C9H18O2. The summed E-state index contributed by atoms with van der Waals surface area (Å²) in [6.07, 6.45) is 1.95. The van der Waals surface area contributed by atoms with Gasteiger partial charge in [-0.1, -0.05) is 13.8 Å². The molecule has 0 aliphatic heterocycles. The number of rotatable bonds is 2. The van der Waals surface area contributed by atoms with Crippen molar-refractivity contribution in [3.8, 4) is 0 Å². The molecule has 0 amide bonds. The summed E-state index contributed by atoms with van der Waals surface area (Å²) < 4.78 is 0. The van der Waals surface area contributed by atoms with Gasteiger partial charge in [-0.05, 0) is 24.7 Å². The van der Waals surface area contributed by atoms with Gasteiger partial charge in [-0.2, -0.15) is 0 Å². The molecule has 0 saturated heterocycles. The summed E-state index contributed by atoms with van der Waals surface area (Å²) in [5.41, 5.74) is -0.168. The highest BCUT2D eigenvalue weighted by Crippen LogP contribution is 2.44. The van der Waals surface area contributed by atoms with E-state index in [1.807, 2.05) is 0 Å². The lowest BCUT2D eigenvalue weighted by molar-refractivity contribution is 0.0558. The molecule has 1 saturated carbocycles. The maximum Gasteiger partial charge on any atom is 0.0509 e. The SMILES string of the molecule is CC1CC(CO)(CO)CC1C. The Labute approximate surface area is 68.2 Å². The molecule has 2 N–H and O–H groups in total. The Bertz CT molecular complexity index is 118. The van der Waals surface area contributed by atoms with E-state index >= 15 is 0 Å². The van der Waals surface area contributed by atoms with Gasteiger partial charge in [0.15, 0.2) is 0 Å². The first-order valence-corrected chi connectivity index (χ1v) is 4.35. The zero-order valence-corrected chi connectivity index (χ0v) is 7.38. The first kappa shape index (κ1) is 9.01. The van der Waals surface area contributed by atoms with Gasteiger partial charge in [0, 0.05) is 5.41 Å². The maximum atomic E-state index is 9.09. The molecule has 0 spiro atoms. The van der Waals surface area contributed by atoms with E-state index in [2.05, 4.69) is 13.8 Å². The summed E-state index contributed by atoms with van der Waals surface area (Å²) in [4.78, 5) is 0. The predicted molar refractivity (Wildman–Crippen MR) is 44.2 cm³/mol. The molecule has 1 aliphatic carbocycles. The fourth-order valence-electron chi connectivity index (χ4n) is 2.16. The maximum absolute atomic E-state index is 9.09. The third kappa shape index (κ3) is 1.57. The average molecular weight is 158 g/mol. The molecular weight excluding hydrogens is 140 g/mol. The predicted octanol–water partition coefficient (Wildman–Crippen LogP) is 1.02. The Balaban J connectivity index is 2.61. The summed E-state index contributed by atoms with van der Waals surface area (Å²) in [5.74, 6) is 1.29. The molecule has 0 aromatic rings. The van der Waals surface area contributed by atoms with Crippen molar-refractivity contribution in [3.63, 3.8) is 0 Å². The molecule has 11 heavy (non-hydrogen) atoms. The van der Waals surface area contributed by atoms with E-state index in [0.29, 0.717) is 11.8 Å². The van der Waals surface area contributed by atoms with E-state index < -0.39 is 0 Å². The number of hydrogen-bond donors (Lipinski definition) is 2. The largest absolute Gasteiger partial charge is 0.396 e. The van der Waals surface area contributed by atoms with Crippen LogP contribution in [-0.2, 0) is 0 Å². The molecule has 0 heterocycles. The standard InChI is InChI=1S/C9H18O2/c1-7-3-9(5-10,6-11)4-8(7)2/h7-8,10-11H,3-6H2,1-2H3. The van der Waals surface area contributed by atoms with Crippen LogP contribution in [0.1, 0.15) is 26.7 Å². The van der Waals surface area contributed by atoms with Crippen molar-refractivity contribution < 1.29 is 10.2 Å². The third-order valence-electron chi connectivity index (χ3n) is 3.15. The molecule has 2 atom stereocenters. The highest BCUT2D eigenvalue weighted by atomic mass is 16.3. The summed E-state index contributed by atoms with van der Waals surface area (Å²) in [7, 11) is 0. The second kappa shape index (κ2) is 3.11. The van der Waals surface area contributed by atoms with Gasteiger partial charge in [-0.3, -0.25) is 0 Å². The summed E-state index contributed by atoms with van der Waals surface area (Å²) in [6.45, 7) is 4.66. The molecule has 2 heteroatoms. The van der Waals surface area contributed by atoms with Gasteiger partial charge in [-0.25, -0.2) is 0 Å². The van der Waals surface area contributed by atoms with Crippen molar-refractivity contribution in [2.24, 2.45) is 17.3 Å². The Morgan fingerprint density at radius 1 is 1.09 bits per heavy atom. The Hall–Kier alpha value is -0.0800. The van der Waals surface area contributed by atoms with Gasteiger partial charge in [0.2, 0.25) is 0 Å². The normalized spacial score (nSPS) is 36.0. The number of aliphatic hydroxyl groups excluding tert-OH is 2. The van der Waals surface area contributed by atoms with Crippen LogP contribution in [0.15, 0.2) is 0 Å². The Morgan fingerprint density at radius 2 is 1.45 bits per heavy atom. The monoisotopic (exact) mass is 158 g/mol.